The van der Waals surface area contributed by atoms with Gasteiger partial charge in [0.15, 0.2) is 11.6 Å². The van der Waals surface area contributed by atoms with Crippen molar-refractivity contribution in [3.8, 4) is 0 Å². The van der Waals surface area contributed by atoms with Crippen LogP contribution < -0.4 is 0 Å². The Kier molecular flexibility index (Phi) is 4.17. The Morgan fingerprint density at radius 1 is 1.00 bits per heavy atom. The van der Waals surface area contributed by atoms with E-state index in [-0.39, 0.29) is 4.90 Å². The van der Waals surface area contributed by atoms with Crippen LogP contribution in [0.3, 0.4) is 0 Å². The van der Waals surface area contributed by atoms with Crippen LogP contribution in [0.25, 0.3) is 0 Å². The van der Waals surface area contributed by atoms with E-state index in [0.717, 1.165) is 23.9 Å². The van der Waals surface area contributed by atoms with Crippen molar-refractivity contribution in [2.75, 3.05) is 0 Å². The van der Waals surface area contributed by atoms with Gasteiger partial charge in [-0.3, -0.25) is 0 Å². The number of halogens is 3. The first-order valence-electron chi connectivity index (χ1n) is 5.58. The van der Waals surface area contributed by atoms with Gasteiger partial charge in [0.25, 0.3) is 0 Å². The second-order valence-corrected chi connectivity index (χ2v) is 5.10. The van der Waals surface area contributed by atoms with Gasteiger partial charge in [-0.15, -0.1) is 0 Å². The molecule has 0 heterocycles. The predicted octanol–water partition coefficient (Wildman–Crippen LogP) is 4.31. The van der Waals surface area contributed by atoms with Gasteiger partial charge in [-0.05, 0) is 36.8 Å². The van der Waals surface area contributed by atoms with Crippen LogP contribution in [0.1, 0.15) is 18.6 Å². The lowest BCUT2D eigenvalue weighted by Crippen LogP contribution is -1.96. The Morgan fingerprint density at radius 2 is 1.74 bits per heavy atom. The van der Waals surface area contributed by atoms with Crippen LogP contribution in [0.5, 0.6) is 0 Å². The van der Waals surface area contributed by atoms with Gasteiger partial charge in [-0.1, -0.05) is 23.9 Å². The molecule has 1 nitrogen and oxygen atoms in total. The highest BCUT2D eigenvalue weighted by molar-refractivity contribution is 7.99. The van der Waals surface area contributed by atoms with Gasteiger partial charge < -0.3 is 5.11 Å². The number of hydrogen-bond donors (Lipinski definition) is 1. The summed E-state index contributed by atoms with van der Waals surface area (Å²) in [5.41, 5.74) is 0.412. The normalized spacial score (nSPS) is 12.5. The summed E-state index contributed by atoms with van der Waals surface area (Å²) in [6.45, 7) is 1.52. The molecule has 0 radical (unpaired) electrons. The summed E-state index contributed by atoms with van der Waals surface area (Å²) in [7, 11) is 0. The largest absolute Gasteiger partial charge is 0.389 e. The fourth-order valence-electron chi connectivity index (χ4n) is 1.62. The molecule has 100 valence electrons. The molecule has 5 heteroatoms. The molecule has 1 atom stereocenters. The molecule has 0 amide bonds. The summed E-state index contributed by atoms with van der Waals surface area (Å²) < 4.78 is 39.7. The van der Waals surface area contributed by atoms with Crippen molar-refractivity contribution < 1.29 is 18.3 Å². The van der Waals surface area contributed by atoms with Gasteiger partial charge in [0.05, 0.1) is 11.0 Å². The highest BCUT2D eigenvalue weighted by Crippen LogP contribution is 2.35. The average molecular weight is 284 g/mol. The minimum atomic E-state index is -0.986. The van der Waals surface area contributed by atoms with Crippen LogP contribution in [0, 0.1) is 17.5 Å². The van der Waals surface area contributed by atoms with Crippen molar-refractivity contribution in [3.63, 3.8) is 0 Å². The molecule has 2 aromatic rings. The summed E-state index contributed by atoms with van der Waals surface area (Å²) in [6.07, 6.45) is -0.844. The van der Waals surface area contributed by atoms with Crippen molar-refractivity contribution >= 4 is 11.8 Å². The SMILES string of the molecule is CC(O)c1cccc(F)c1Sc1ccc(F)c(F)c1. The fraction of sp³-hybridized carbons (Fsp3) is 0.143. The maximum Gasteiger partial charge on any atom is 0.159 e. The van der Waals surface area contributed by atoms with E-state index in [1.54, 1.807) is 6.07 Å². The third kappa shape index (κ3) is 3.11. The highest BCUT2D eigenvalue weighted by atomic mass is 32.2. The smallest absolute Gasteiger partial charge is 0.159 e. The molecule has 0 aromatic heterocycles. The van der Waals surface area contributed by atoms with Gasteiger partial charge in [0, 0.05) is 4.90 Å². The Balaban J connectivity index is 2.40. The number of aliphatic hydroxyl groups is 1. The summed E-state index contributed by atoms with van der Waals surface area (Å²) in [4.78, 5) is 0.578. The maximum absolute atomic E-state index is 13.8. The summed E-state index contributed by atoms with van der Waals surface area (Å²) in [5, 5.41) is 9.59. The van der Waals surface area contributed by atoms with E-state index >= 15 is 0 Å². The van der Waals surface area contributed by atoms with E-state index in [0.29, 0.717) is 10.5 Å². The maximum atomic E-state index is 13.8. The molecule has 0 aliphatic rings. The monoisotopic (exact) mass is 284 g/mol. The first-order chi connectivity index (χ1) is 8.99. The first-order valence-corrected chi connectivity index (χ1v) is 6.40. The summed E-state index contributed by atoms with van der Waals surface area (Å²) >= 11 is 0.950. The predicted molar refractivity (Wildman–Crippen MR) is 67.5 cm³/mol. The number of hydrogen-bond acceptors (Lipinski definition) is 2. The van der Waals surface area contributed by atoms with Crippen molar-refractivity contribution in [1.29, 1.82) is 0 Å². The van der Waals surface area contributed by atoms with Gasteiger partial charge in [0.1, 0.15) is 5.82 Å². The van der Waals surface area contributed by atoms with E-state index < -0.39 is 23.6 Å². The first kappa shape index (κ1) is 14.0. The summed E-state index contributed by atoms with van der Waals surface area (Å²) in [5.74, 6) is -2.44. The minimum absolute atomic E-state index is 0.212. The van der Waals surface area contributed by atoms with E-state index in [1.807, 2.05) is 0 Å². The fourth-order valence-corrected chi connectivity index (χ4v) is 2.68. The molecule has 0 aliphatic carbocycles. The Labute approximate surface area is 113 Å². The number of benzene rings is 2. The second kappa shape index (κ2) is 5.67. The van der Waals surface area contributed by atoms with Crippen molar-refractivity contribution in [3.05, 3.63) is 59.4 Å². The Morgan fingerprint density at radius 3 is 2.37 bits per heavy atom. The van der Waals surface area contributed by atoms with Crippen LogP contribution in [-0.4, -0.2) is 5.11 Å². The molecule has 1 unspecified atom stereocenters. The third-order valence-corrected chi connectivity index (χ3v) is 3.68. The molecule has 0 fully saturated rings. The van der Waals surface area contributed by atoms with E-state index in [1.165, 1.54) is 25.1 Å². The van der Waals surface area contributed by atoms with Gasteiger partial charge in [0.2, 0.25) is 0 Å². The molecule has 19 heavy (non-hydrogen) atoms. The van der Waals surface area contributed by atoms with Gasteiger partial charge in [-0.25, -0.2) is 13.2 Å². The van der Waals surface area contributed by atoms with Crippen LogP contribution in [0.4, 0.5) is 13.2 Å². The molecule has 0 aliphatic heterocycles. The van der Waals surface area contributed by atoms with Crippen LogP contribution >= 0.6 is 11.8 Å². The quantitative estimate of drug-likeness (QED) is 0.906. The van der Waals surface area contributed by atoms with E-state index in [9.17, 15) is 18.3 Å². The van der Waals surface area contributed by atoms with E-state index in [4.69, 9.17) is 0 Å². The zero-order chi connectivity index (χ0) is 14.0. The molecule has 0 spiro atoms. The molecule has 0 saturated carbocycles. The number of rotatable bonds is 3. The average Bonchev–Trinajstić information content (AvgIpc) is 2.36. The van der Waals surface area contributed by atoms with Crippen LogP contribution in [-0.2, 0) is 0 Å². The lowest BCUT2D eigenvalue weighted by molar-refractivity contribution is 0.195. The molecule has 1 N–H and O–H groups in total. The van der Waals surface area contributed by atoms with Crippen LogP contribution in [0.2, 0.25) is 0 Å². The molecular weight excluding hydrogens is 273 g/mol. The molecule has 0 saturated heterocycles. The minimum Gasteiger partial charge on any atom is -0.389 e. The molecular formula is C14H11F3OS. The zero-order valence-electron chi connectivity index (χ0n) is 10.0. The molecule has 2 aromatic carbocycles. The lowest BCUT2D eigenvalue weighted by Gasteiger charge is -2.12. The van der Waals surface area contributed by atoms with Crippen molar-refractivity contribution in [1.82, 2.24) is 0 Å². The van der Waals surface area contributed by atoms with Crippen LogP contribution in [0.15, 0.2) is 46.2 Å². The summed E-state index contributed by atoms with van der Waals surface area (Å²) in [6, 6.07) is 7.69. The van der Waals surface area contributed by atoms with Gasteiger partial charge in [-0.2, -0.15) is 0 Å². The van der Waals surface area contributed by atoms with Crippen molar-refractivity contribution in [2.24, 2.45) is 0 Å². The highest BCUT2D eigenvalue weighted by Gasteiger charge is 2.14. The second-order valence-electron chi connectivity index (χ2n) is 4.01. The Hall–Kier alpha value is -1.46. The topological polar surface area (TPSA) is 20.2 Å². The van der Waals surface area contributed by atoms with E-state index in [2.05, 4.69) is 0 Å². The zero-order valence-corrected chi connectivity index (χ0v) is 10.8. The third-order valence-electron chi connectivity index (χ3n) is 2.56. The standard InChI is InChI=1S/C14H11F3OS/c1-8(18)10-3-2-4-12(16)14(10)19-9-5-6-11(15)13(17)7-9/h2-8,18H,1H3. The molecule has 0 bridgehead atoms. The lowest BCUT2D eigenvalue weighted by atomic mass is 10.1. The number of aliphatic hydroxyl groups excluding tert-OH is 1. The van der Waals surface area contributed by atoms with Crippen molar-refractivity contribution in [2.45, 2.75) is 22.8 Å². The van der Waals surface area contributed by atoms with Gasteiger partial charge >= 0.3 is 0 Å². The Bertz CT molecular complexity index is 599. The molecule has 2 rings (SSSR count).